The lowest BCUT2D eigenvalue weighted by Crippen LogP contribution is -2.59. The van der Waals surface area contributed by atoms with Gasteiger partial charge in [-0.2, -0.15) is 0 Å². The first-order chi connectivity index (χ1) is 12.9. The first-order valence-electron chi connectivity index (χ1n) is 10.6. The Bertz CT molecular complexity index is 839. The van der Waals surface area contributed by atoms with Crippen molar-refractivity contribution in [2.45, 2.75) is 65.0 Å². The van der Waals surface area contributed by atoms with E-state index in [0.29, 0.717) is 11.5 Å². The number of nitrogens with one attached hydrogen (secondary N) is 1. The Morgan fingerprint density at radius 3 is 2.46 bits per heavy atom. The van der Waals surface area contributed by atoms with Crippen molar-refractivity contribution in [2.24, 2.45) is 23.2 Å². The van der Waals surface area contributed by atoms with E-state index in [0.717, 1.165) is 35.8 Å². The van der Waals surface area contributed by atoms with Gasteiger partial charge in [-0.1, -0.05) is 32.9 Å². The SMILES string of the molecule is C[C@@H]1[C@H]2C[C@@H](C[C@H]1NCc1sc(-c3ccc(F)cc3)cc1C1CC1)C2(C)C.Cl. The number of benzene rings is 1. The van der Waals surface area contributed by atoms with Crippen LogP contribution in [0.3, 0.4) is 0 Å². The predicted molar refractivity (Wildman–Crippen MR) is 119 cm³/mol. The highest BCUT2D eigenvalue weighted by atomic mass is 35.5. The zero-order valence-corrected chi connectivity index (χ0v) is 18.6. The highest BCUT2D eigenvalue weighted by Gasteiger charge is 2.56. The summed E-state index contributed by atoms with van der Waals surface area (Å²) in [6, 6.07) is 9.99. The van der Waals surface area contributed by atoms with E-state index in [1.807, 2.05) is 23.5 Å². The molecule has 0 spiro atoms. The molecule has 0 aliphatic heterocycles. The largest absolute Gasteiger partial charge is 0.309 e. The summed E-state index contributed by atoms with van der Waals surface area (Å²) in [5, 5.41) is 3.93. The molecule has 4 heteroatoms. The van der Waals surface area contributed by atoms with Crippen molar-refractivity contribution in [3.8, 4) is 10.4 Å². The van der Waals surface area contributed by atoms with Gasteiger partial charge in [-0.15, -0.1) is 23.7 Å². The molecule has 1 N–H and O–H groups in total. The van der Waals surface area contributed by atoms with Crippen molar-refractivity contribution in [3.05, 3.63) is 46.6 Å². The Kier molecular flexibility index (Phi) is 5.39. The lowest BCUT2D eigenvalue weighted by Gasteiger charge is -2.62. The molecule has 0 saturated heterocycles. The quantitative estimate of drug-likeness (QED) is 0.549. The highest BCUT2D eigenvalue weighted by molar-refractivity contribution is 7.15. The summed E-state index contributed by atoms with van der Waals surface area (Å²) in [5.41, 5.74) is 3.24. The fourth-order valence-corrected chi connectivity index (χ4v) is 6.92. The third-order valence-corrected chi connectivity index (χ3v) is 9.07. The van der Waals surface area contributed by atoms with Gasteiger partial charge in [0.2, 0.25) is 0 Å². The van der Waals surface area contributed by atoms with Crippen molar-refractivity contribution >= 4 is 23.7 Å². The van der Waals surface area contributed by atoms with Gasteiger partial charge in [0.25, 0.3) is 0 Å². The van der Waals surface area contributed by atoms with E-state index >= 15 is 0 Å². The third-order valence-electron chi connectivity index (χ3n) is 7.87. The van der Waals surface area contributed by atoms with E-state index in [4.69, 9.17) is 0 Å². The normalized spacial score (nSPS) is 30.4. The van der Waals surface area contributed by atoms with Gasteiger partial charge in [-0.25, -0.2) is 4.39 Å². The lowest BCUT2D eigenvalue weighted by molar-refractivity contribution is -0.115. The van der Waals surface area contributed by atoms with Gasteiger partial charge in [0.05, 0.1) is 0 Å². The number of halogens is 2. The van der Waals surface area contributed by atoms with Crippen LogP contribution < -0.4 is 5.32 Å². The summed E-state index contributed by atoms with van der Waals surface area (Å²) < 4.78 is 13.3. The van der Waals surface area contributed by atoms with Gasteiger partial charge in [0, 0.05) is 22.3 Å². The maximum atomic E-state index is 13.3. The van der Waals surface area contributed by atoms with Crippen LogP contribution in [0.1, 0.15) is 62.8 Å². The van der Waals surface area contributed by atoms with Crippen molar-refractivity contribution in [1.29, 1.82) is 0 Å². The topological polar surface area (TPSA) is 12.0 Å². The maximum Gasteiger partial charge on any atom is 0.123 e. The first-order valence-corrected chi connectivity index (χ1v) is 11.4. The predicted octanol–water partition coefficient (Wildman–Crippen LogP) is 7.01. The molecule has 4 atom stereocenters. The average Bonchev–Trinajstić information content (AvgIpc) is 3.41. The monoisotopic (exact) mass is 419 g/mol. The molecule has 0 radical (unpaired) electrons. The molecule has 4 saturated carbocycles. The van der Waals surface area contributed by atoms with Crippen molar-refractivity contribution in [3.63, 3.8) is 0 Å². The smallest absolute Gasteiger partial charge is 0.123 e. The van der Waals surface area contributed by atoms with Crippen LogP contribution in [0.25, 0.3) is 10.4 Å². The van der Waals surface area contributed by atoms with E-state index in [-0.39, 0.29) is 18.2 Å². The van der Waals surface area contributed by atoms with E-state index < -0.39 is 0 Å². The highest BCUT2D eigenvalue weighted by Crippen LogP contribution is 2.61. The number of hydrogen-bond acceptors (Lipinski definition) is 2. The second kappa shape index (κ2) is 7.41. The van der Waals surface area contributed by atoms with E-state index in [2.05, 4.69) is 32.2 Å². The third kappa shape index (κ3) is 3.44. The summed E-state index contributed by atoms with van der Waals surface area (Å²) >= 11 is 1.90. The molecule has 2 bridgehead atoms. The summed E-state index contributed by atoms with van der Waals surface area (Å²) in [6.07, 6.45) is 5.42. The van der Waals surface area contributed by atoms with Crippen LogP contribution >= 0.6 is 23.7 Å². The minimum atomic E-state index is -0.160. The number of thiophene rings is 1. The van der Waals surface area contributed by atoms with Crippen molar-refractivity contribution in [2.75, 3.05) is 0 Å². The van der Waals surface area contributed by atoms with Crippen LogP contribution in [-0.4, -0.2) is 6.04 Å². The van der Waals surface area contributed by atoms with Crippen LogP contribution in [0.15, 0.2) is 30.3 Å². The van der Waals surface area contributed by atoms with Gasteiger partial charge in [0.15, 0.2) is 0 Å². The molecule has 4 fully saturated rings. The van der Waals surface area contributed by atoms with Crippen LogP contribution in [0, 0.1) is 29.0 Å². The molecular formula is C24H31ClFNS. The molecule has 28 heavy (non-hydrogen) atoms. The molecule has 4 aliphatic carbocycles. The van der Waals surface area contributed by atoms with Gasteiger partial charge in [0.1, 0.15) is 5.82 Å². The molecule has 6 rings (SSSR count). The molecule has 0 unspecified atom stereocenters. The molecule has 1 heterocycles. The van der Waals surface area contributed by atoms with Gasteiger partial charge < -0.3 is 5.32 Å². The summed E-state index contributed by atoms with van der Waals surface area (Å²) in [6.45, 7) is 8.39. The van der Waals surface area contributed by atoms with E-state index in [9.17, 15) is 4.39 Å². The van der Waals surface area contributed by atoms with Crippen LogP contribution in [0.2, 0.25) is 0 Å². The number of rotatable bonds is 5. The molecule has 1 aromatic carbocycles. The molecule has 0 amide bonds. The Morgan fingerprint density at radius 2 is 1.86 bits per heavy atom. The first kappa shape index (κ1) is 20.4. The second-order valence-corrected chi connectivity index (χ2v) is 10.8. The Hall–Kier alpha value is -0.900. The standard InChI is InChI=1S/C24H30FNS.ClH/c1-14-20-10-17(24(20,2)3)11-21(14)26-13-23-19(15-4-5-15)12-22(27-23)16-6-8-18(25)9-7-16;/h6-9,12,14-15,17,20-21,26H,4-5,10-11,13H2,1-3H3;1H/t14-,17+,20-,21-;/m1./s1. The number of fused-ring (bicyclic) bond motifs is 2. The van der Waals surface area contributed by atoms with Gasteiger partial charge in [-0.3, -0.25) is 0 Å². The molecule has 152 valence electrons. The minimum Gasteiger partial charge on any atom is -0.309 e. The molecular weight excluding hydrogens is 389 g/mol. The van der Waals surface area contributed by atoms with Crippen molar-refractivity contribution < 1.29 is 4.39 Å². The fourth-order valence-electron chi connectivity index (χ4n) is 5.72. The van der Waals surface area contributed by atoms with Crippen LogP contribution in [0.4, 0.5) is 4.39 Å². The summed E-state index contributed by atoms with van der Waals surface area (Å²) in [5.74, 6) is 3.15. The summed E-state index contributed by atoms with van der Waals surface area (Å²) in [7, 11) is 0. The summed E-state index contributed by atoms with van der Waals surface area (Å²) in [4.78, 5) is 2.79. The van der Waals surface area contributed by atoms with Crippen LogP contribution in [-0.2, 0) is 6.54 Å². The molecule has 2 aromatic rings. The van der Waals surface area contributed by atoms with Crippen LogP contribution in [0.5, 0.6) is 0 Å². The van der Waals surface area contributed by atoms with Gasteiger partial charge >= 0.3 is 0 Å². The van der Waals surface area contributed by atoms with Gasteiger partial charge in [-0.05, 0) is 84.1 Å². The lowest BCUT2D eigenvalue weighted by atomic mass is 9.45. The Morgan fingerprint density at radius 1 is 1.14 bits per heavy atom. The van der Waals surface area contributed by atoms with E-state index in [1.165, 1.54) is 35.4 Å². The van der Waals surface area contributed by atoms with Crippen molar-refractivity contribution in [1.82, 2.24) is 5.32 Å². The zero-order chi connectivity index (χ0) is 18.8. The maximum absolute atomic E-state index is 13.3. The minimum absolute atomic E-state index is 0. The Labute approximate surface area is 178 Å². The zero-order valence-electron chi connectivity index (χ0n) is 17.0. The fraction of sp³-hybridized carbons (Fsp3) is 0.583. The number of hydrogen-bond donors (Lipinski definition) is 1. The molecule has 1 aromatic heterocycles. The van der Waals surface area contributed by atoms with E-state index in [1.54, 1.807) is 17.7 Å². The second-order valence-electron chi connectivity index (χ2n) is 9.71. The average molecular weight is 420 g/mol. The molecule has 1 nitrogen and oxygen atoms in total. The Balaban J connectivity index is 0.00000192. The molecule has 4 aliphatic rings.